The van der Waals surface area contributed by atoms with Crippen LogP contribution in [-0.4, -0.2) is 59.2 Å². The molecule has 0 aliphatic carbocycles. The molecule has 5 rings (SSSR count). The van der Waals surface area contributed by atoms with Crippen molar-refractivity contribution in [3.05, 3.63) is 60.4 Å². The second-order valence-corrected chi connectivity index (χ2v) is 8.22. The number of nitrogens with zero attached hydrogens (tertiary/aromatic N) is 4. The Morgan fingerprint density at radius 2 is 1.97 bits per heavy atom. The van der Waals surface area contributed by atoms with Gasteiger partial charge in [-0.3, -0.25) is 9.47 Å². The van der Waals surface area contributed by atoms with Gasteiger partial charge in [-0.25, -0.2) is 9.78 Å². The van der Waals surface area contributed by atoms with Gasteiger partial charge in [-0.05, 0) is 44.0 Å². The van der Waals surface area contributed by atoms with Crippen molar-refractivity contribution in [2.45, 2.75) is 31.3 Å². The maximum Gasteiger partial charge on any atom is 0.327 e. The van der Waals surface area contributed by atoms with Gasteiger partial charge in [0.2, 0.25) is 0 Å². The summed E-state index contributed by atoms with van der Waals surface area (Å²) in [7, 11) is 2.21. The quantitative estimate of drug-likeness (QED) is 0.682. The van der Waals surface area contributed by atoms with Crippen LogP contribution in [0, 0.1) is 0 Å². The Morgan fingerprint density at radius 3 is 2.72 bits per heavy atom. The first-order chi connectivity index (χ1) is 14.2. The molecule has 2 aliphatic heterocycles. The van der Waals surface area contributed by atoms with E-state index in [4.69, 9.17) is 0 Å². The van der Waals surface area contributed by atoms with Crippen LogP contribution in [0.4, 0.5) is 10.5 Å². The maximum absolute atomic E-state index is 12.7. The number of para-hydroxylation sites is 1. The number of hydrogen-bond donors (Lipinski definition) is 1. The lowest BCUT2D eigenvalue weighted by Gasteiger charge is -2.33. The summed E-state index contributed by atoms with van der Waals surface area (Å²) >= 11 is 0. The molecule has 150 valence electrons. The van der Waals surface area contributed by atoms with E-state index in [1.807, 2.05) is 30.3 Å². The molecular weight excluding hydrogens is 362 g/mol. The van der Waals surface area contributed by atoms with Gasteiger partial charge in [0.25, 0.3) is 0 Å². The van der Waals surface area contributed by atoms with E-state index in [9.17, 15) is 4.79 Å². The molecule has 3 heterocycles. The van der Waals surface area contributed by atoms with Crippen molar-refractivity contribution in [1.82, 2.24) is 19.8 Å². The van der Waals surface area contributed by atoms with Gasteiger partial charge in [-0.2, -0.15) is 0 Å². The number of imidazole rings is 1. The summed E-state index contributed by atoms with van der Waals surface area (Å²) in [6.45, 7) is 2.79. The minimum absolute atomic E-state index is 0.111. The van der Waals surface area contributed by atoms with Crippen LogP contribution in [0.25, 0.3) is 11.0 Å². The van der Waals surface area contributed by atoms with Gasteiger partial charge in [0.15, 0.2) is 0 Å². The van der Waals surface area contributed by atoms with Gasteiger partial charge >= 0.3 is 6.03 Å². The summed E-state index contributed by atoms with van der Waals surface area (Å²) in [5, 5.41) is 3.03. The van der Waals surface area contributed by atoms with E-state index in [0.29, 0.717) is 18.6 Å². The average molecular weight is 390 g/mol. The van der Waals surface area contributed by atoms with Crippen molar-refractivity contribution >= 4 is 22.8 Å². The molecule has 1 amide bonds. The van der Waals surface area contributed by atoms with E-state index in [1.165, 1.54) is 12.0 Å². The fourth-order valence-corrected chi connectivity index (χ4v) is 4.80. The first-order valence-electron chi connectivity index (χ1n) is 10.5. The van der Waals surface area contributed by atoms with E-state index in [2.05, 4.69) is 45.3 Å². The highest BCUT2D eigenvalue weighted by molar-refractivity contribution is 5.95. The zero-order valence-electron chi connectivity index (χ0n) is 16.8. The lowest BCUT2D eigenvalue weighted by Crippen LogP contribution is -2.44. The predicted molar refractivity (Wildman–Crippen MR) is 115 cm³/mol. The normalized spacial score (nSPS) is 21.2. The molecule has 6 nitrogen and oxygen atoms in total. The highest BCUT2D eigenvalue weighted by atomic mass is 16.2. The summed E-state index contributed by atoms with van der Waals surface area (Å²) in [6.07, 6.45) is 4.75. The highest BCUT2D eigenvalue weighted by Crippen LogP contribution is 2.36. The van der Waals surface area contributed by atoms with Crippen LogP contribution < -0.4 is 10.2 Å². The standard InChI is InChI=1S/C23H27N5O/c1-26-14-19-13-18(26)15-27(19)20-10-5-11-21-22(20)25-16-28(21)23(29)24-12-6-9-17-7-3-2-4-8-17/h2-5,7-8,10-11,16,18-19H,6,9,12-15H2,1H3,(H,24,29)/t18-,19-/m1/s1. The maximum atomic E-state index is 12.7. The third-order valence-electron chi connectivity index (χ3n) is 6.36. The van der Waals surface area contributed by atoms with E-state index < -0.39 is 0 Å². The van der Waals surface area contributed by atoms with Crippen molar-refractivity contribution in [1.29, 1.82) is 0 Å². The number of rotatable bonds is 5. The zero-order valence-corrected chi connectivity index (χ0v) is 16.8. The van der Waals surface area contributed by atoms with Gasteiger partial charge in [-0.1, -0.05) is 36.4 Å². The molecule has 0 radical (unpaired) electrons. The van der Waals surface area contributed by atoms with Crippen LogP contribution in [-0.2, 0) is 6.42 Å². The zero-order chi connectivity index (χ0) is 19.8. The smallest absolute Gasteiger partial charge is 0.327 e. The molecule has 2 bridgehead atoms. The molecule has 2 fully saturated rings. The fourth-order valence-electron chi connectivity index (χ4n) is 4.80. The molecule has 0 saturated carbocycles. The monoisotopic (exact) mass is 389 g/mol. The van der Waals surface area contributed by atoms with Crippen LogP contribution >= 0.6 is 0 Å². The van der Waals surface area contributed by atoms with E-state index >= 15 is 0 Å². The number of nitrogens with one attached hydrogen (secondary N) is 1. The van der Waals surface area contributed by atoms with Gasteiger partial charge in [0.05, 0.1) is 11.2 Å². The number of piperazine rings is 1. The van der Waals surface area contributed by atoms with E-state index in [1.54, 1.807) is 10.9 Å². The molecule has 1 aromatic heterocycles. The van der Waals surface area contributed by atoms with Crippen LogP contribution in [0.3, 0.4) is 0 Å². The first-order valence-corrected chi connectivity index (χ1v) is 10.5. The molecule has 2 aliphatic rings. The molecule has 0 spiro atoms. The van der Waals surface area contributed by atoms with Crippen LogP contribution in [0.2, 0.25) is 0 Å². The van der Waals surface area contributed by atoms with Crippen molar-refractivity contribution < 1.29 is 4.79 Å². The summed E-state index contributed by atoms with van der Waals surface area (Å²) in [6, 6.07) is 17.6. The third-order valence-corrected chi connectivity index (χ3v) is 6.36. The van der Waals surface area contributed by atoms with Crippen LogP contribution in [0.1, 0.15) is 18.4 Å². The number of hydrogen-bond acceptors (Lipinski definition) is 4. The molecule has 0 unspecified atom stereocenters. The van der Waals surface area contributed by atoms with Gasteiger partial charge in [0, 0.05) is 31.7 Å². The largest absolute Gasteiger partial charge is 0.364 e. The first kappa shape index (κ1) is 18.2. The van der Waals surface area contributed by atoms with E-state index in [0.717, 1.165) is 42.7 Å². The Kier molecular flexibility index (Phi) is 4.72. The molecule has 3 aromatic rings. The predicted octanol–water partition coefficient (Wildman–Crippen LogP) is 3.12. The minimum Gasteiger partial charge on any atom is -0.364 e. The number of aromatic nitrogens is 2. The van der Waals surface area contributed by atoms with Gasteiger partial charge in [0.1, 0.15) is 11.8 Å². The number of amides is 1. The number of likely N-dealkylation sites (N-methyl/N-ethyl adjacent to an activating group) is 1. The summed E-state index contributed by atoms with van der Waals surface area (Å²) in [5.74, 6) is 0. The number of aryl methyl sites for hydroxylation is 1. The Hall–Kier alpha value is -2.86. The van der Waals surface area contributed by atoms with E-state index in [-0.39, 0.29) is 6.03 Å². The number of fused-ring (bicyclic) bond motifs is 3. The molecule has 29 heavy (non-hydrogen) atoms. The molecular formula is C23H27N5O. The summed E-state index contributed by atoms with van der Waals surface area (Å²) in [5.41, 5.74) is 4.24. The summed E-state index contributed by atoms with van der Waals surface area (Å²) in [4.78, 5) is 22.3. The van der Waals surface area contributed by atoms with Crippen LogP contribution in [0.15, 0.2) is 54.9 Å². The number of anilines is 1. The van der Waals surface area contributed by atoms with Crippen molar-refractivity contribution in [3.8, 4) is 0 Å². The molecule has 1 N–H and O–H groups in total. The highest BCUT2D eigenvalue weighted by Gasteiger charge is 2.42. The minimum atomic E-state index is -0.111. The third kappa shape index (κ3) is 3.38. The van der Waals surface area contributed by atoms with Crippen molar-refractivity contribution in [3.63, 3.8) is 0 Å². The number of likely N-dealkylation sites (tertiary alicyclic amines) is 1. The Morgan fingerprint density at radius 1 is 1.10 bits per heavy atom. The Balaban J connectivity index is 1.27. The number of carbonyl (C=O) groups excluding carboxylic acids is 1. The van der Waals surface area contributed by atoms with Gasteiger partial charge < -0.3 is 10.2 Å². The lowest BCUT2D eigenvalue weighted by atomic mass is 10.1. The second-order valence-electron chi connectivity index (χ2n) is 8.22. The van der Waals surface area contributed by atoms with Crippen LogP contribution in [0.5, 0.6) is 0 Å². The molecule has 6 heteroatoms. The number of benzene rings is 2. The topological polar surface area (TPSA) is 53.4 Å². The second kappa shape index (κ2) is 7.52. The average Bonchev–Trinajstić information content (AvgIpc) is 3.45. The Labute approximate surface area is 171 Å². The Bertz CT molecular complexity index is 1010. The SMILES string of the molecule is CN1C[C@H]2C[C@@H]1CN2c1cccc2c1ncn2C(=O)NCCCc1ccccc1. The lowest BCUT2D eigenvalue weighted by molar-refractivity contribution is 0.243. The molecule has 2 atom stereocenters. The van der Waals surface area contributed by atoms with Gasteiger partial charge in [-0.15, -0.1) is 0 Å². The van der Waals surface area contributed by atoms with Crippen molar-refractivity contribution in [2.75, 3.05) is 31.6 Å². The van der Waals surface area contributed by atoms with Crippen molar-refractivity contribution in [2.24, 2.45) is 0 Å². The fraction of sp³-hybridized carbons (Fsp3) is 0.391. The summed E-state index contributed by atoms with van der Waals surface area (Å²) < 4.78 is 1.64. The number of carbonyl (C=O) groups is 1. The molecule has 2 aromatic carbocycles. The molecule has 2 saturated heterocycles.